The van der Waals surface area contributed by atoms with E-state index in [0.29, 0.717) is 23.6 Å². The number of aromatic nitrogens is 5. The van der Waals surface area contributed by atoms with Crippen LogP contribution in [0.4, 0.5) is 49.7 Å². The van der Waals surface area contributed by atoms with Crippen molar-refractivity contribution in [2.24, 2.45) is 0 Å². The Hall–Kier alpha value is -4.89. The van der Waals surface area contributed by atoms with Crippen LogP contribution >= 0.6 is 23.5 Å². The fourth-order valence-electron chi connectivity index (χ4n) is 7.52. The second-order valence-electron chi connectivity index (χ2n) is 14.4. The number of pyridine rings is 1. The Labute approximate surface area is 351 Å². The number of nitrogens with one attached hydrogen (secondary N) is 2. The largest absolute Gasteiger partial charge is 0.435 e. The third-order valence-electron chi connectivity index (χ3n) is 9.98. The average molecular weight is 907 g/mol. The zero-order valence-electron chi connectivity index (χ0n) is 32.7. The Morgan fingerprint density at radius 1 is 1.00 bits per heavy atom. The van der Waals surface area contributed by atoms with E-state index in [2.05, 4.69) is 25.8 Å². The molecule has 2 aromatic carbocycles. The lowest BCUT2D eigenvalue weighted by molar-refractivity contribution is -0.143. The van der Waals surface area contributed by atoms with Gasteiger partial charge in [0, 0.05) is 41.1 Å². The molecule has 6 rings (SSSR count). The third-order valence-corrected chi connectivity index (χ3v) is 11.0. The normalized spacial score (nSPS) is 14.9. The van der Waals surface area contributed by atoms with E-state index in [1.165, 1.54) is 37.4 Å². The number of nitrogens with zero attached hydrogens (tertiary/aromatic N) is 6. The van der Waals surface area contributed by atoms with Gasteiger partial charge in [0.2, 0.25) is 5.91 Å². The lowest BCUT2D eigenvalue weighted by atomic mass is 9.93. The van der Waals surface area contributed by atoms with Gasteiger partial charge in [-0.1, -0.05) is 37.1 Å². The number of amides is 2. The molecule has 61 heavy (non-hydrogen) atoms. The molecule has 2 atom stereocenters. The standard InChI is InChI=1S/C39H37ClF10N8O2S/c1-5-6-27(51-3)36(60)58(61-4)35-30-26(40)10-9-24(32(30)57(55-35)18-38(45,46)47)23-8-7-19(2)52-31(23)28(15-20-13-21(41)16-22(42)14-20)53-29(59)17-56-34-25(11-12-37(34,43)44)33(54-56)39(48,49)50/h7-10,13-14,16,27-28,51H,5-6,11-12,15,17-18H2,1-4H3,(H,53,59). The van der Waals surface area contributed by atoms with Gasteiger partial charge in [-0.05, 0) is 75.0 Å². The van der Waals surface area contributed by atoms with Gasteiger partial charge in [-0.3, -0.25) is 23.9 Å². The Balaban J connectivity index is 1.53. The van der Waals surface area contributed by atoms with Crippen molar-refractivity contribution in [2.45, 2.75) is 89.4 Å². The number of likely N-dealkylation sites (N-methyl/N-ethyl adjacent to an activating group) is 1. The molecule has 0 fully saturated rings. The maximum absolute atomic E-state index is 15.0. The van der Waals surface area contributed by atoms with Crippen LogP contribution in [0.5, 0.6) is 0 Å². The van der Waals surface area contributed by atoms with Crippen LogP contribution in [0.1, 0.15) is 66.1 Å². The molecule has 10 nitrogen and oxygen atoms in total. The lowest BCUT2D eigenvalue weighted by Crippen LogP contribution is -2.42. The number of alkyl halides is 8. The second kappa shape index (κ2) is 17.5. The van der Waals surface area contributed by atoms with Gasteiger partial charge < -0.3 is 10.6 Å². The zero-order chi connectivity index (χ0) is 44.8. The van der Waals surface area contributed by atoms with Crippen molar-refractivity contribution in [3.8, 4) is 11.1 Å². The molecule has 0 radical (unpaired) electrons. The van der Waals surface area contributed by atoms with Crippen LogP contribution in [0.15, 0.2) is 42.5 Å². The number of halogens is 11. The summed E-state index contributed by atoms with van der Waals surface area (Å²) in [5.41, 5.74) is -3.47. The third kappa shape index (κ3) is 9.62. The van der Waals surface area contributed by atoms with E-state index in [0.717, 1.165) is 28.4 Å². The molecule has 2 unspecified atom stereocenters. The van der Waals surface area contributed by atoms with E-state index in [4.69, 9.17) is 11.6 Å². The molecule has 0 bridgehead atoms. The number of hydrogen-bond acceptors (Lipinski definition) is 7. The molecule has 0 spiro atoms. The minimum Gasteiger partial charge on any atom is -0.346 e. The van der Waals surface area contributed by atoms with Gasteiger partial charge in [0.15, 0.2) is 11.5 Å². The van der Waals surface area contributed by atoms with Crippen LogP contribution < -0.4 is 14.9 Å². The Morgan fingerprint density at radius 2 is 1.67 bits per heavy atom. The Morgan fingerprint density at radius 3 is 2.28 bits per heavy atom. The summed E-state index contributed by atoms with van der Waals surface area (Å²) in [7, 11) is 1.55. The average Bonchev–Trinajstić information content (AvgIpc) is 3.81. The van der Waals surface area contributed by atoms with Crippen molar-refractivity contribution < 1.29 is 53.5 Å². The van der Waals surface area contributed by atoms with E-state index in [-0.39, 0.29) is 54.5 Å². The summed E-state index contributed by atoms with van der Waals surface area (Å²) in [6.07, 6.45) is -9.56. The molecule has 1 aliphatic rings. The maximum atomic E-state index is 15.0. The molecule has 2 amide bonds. The first-order valence-electron chi connectivity index (χ1n) is 18.6. The van der Waals surface area contributed by atoms with E-state index in [1.54, 1.807) is 7.05 Å². The first-order chi connectivity index (χ1) is 28.6. The minimum atomic E-state index is -5.12. The highest BCUT2D eigenvalue weighted by atomic mass is 35.5. The minimum absolute atomic E-state index is 0.00107. The molecule has 0 saturated carbocycles. The number of fused-ring (bicyclic) bond motifs is 2. The number of hydrogen-bond donors (Lipinski definition) is 2. The van der Waals surface area contributed by atoms with E-state index in [1.807, 2.05) is 6.92 Å². The predicted octanol–water partition coefficient (Wildman–Crippen LogP) is 9.25. The summed E-state index contributed by atoms with van der Waals surface area (Å²) in [5.74, 6) is -7.69. The number of carbonyl (C=O) groups excluding carboxylic acids is 2. The Kier molecular flexibility index (Phi) is 13.1. The summed E-state index contributed by atoms with van der Waals surface area (Å²) in [6.45, 7) is 0.562. The van der Waals surface area contributed by atoms with E-state index < -0.39 is 103 Å². The highest BCUT2D eigenvalue weighted by molar-refractivity contribution is 8.00. The van der Waals surface area contributed by atoms with Gasteiger partial charge >= 0.3 is 12.4 Å². The van der Waals surface area contributed by atoms with Gasteiger partial charge in [-0.2, -0.15) is 45.3 Å². The predicted molar refractivity (Wildman–Crippen MR) is 208 cm³/mol. The zero-order valence-corrected chi connectivity index (χ0v) is 34.3. The highest BCUT2D eigenvalue weighted by Crippen LogP contribution is 2.47. The molecule has 5 aromatic rings. The van der Waals surface area contributed by atoms with Crippen molar-refractivity contribution >= 4 is 52.1 Å². The summed E-state index contributed by atoms with van der Waals surface area (Å²) in [4.78, 5) is 32.2. The van der Waals surface area contributed by atoms with Crippen molar-refractivity contribution in [3.05, 3.63) is 93.0 Å². The molecule has 3 heterocycles. The first-order valence-corrected chi connectivity index (χ1v) is 20.2. The van der Waals surface area contributed by atoms with Crippen LogP contribution in [0.25, 0.3) is 22.0 Å². The number of carbonyl (C=O) groups is 2. The van der Waals surface area contributed by atoms with Gasteiger partial charge in [0.1, 0.15) is 30.4 Å². The fourth-order valence-corrected chi connectivity index (χ4v) is 8.37. The molecule has 2 N–H and O–H groups in total. The second-order valence-corrected chi connectivity index (χ2v) is 15.5. The molecule has 0 saturated heterocycles. The van der Waals surface area contributed by atoms with Crippen molar-refractivity contribution in [2.75, 3.05) is 17.6 Å². The molecule has 3 aromatic heterocycles. The molecular formula is C39H37ClF10N8O2S. The topological polar surface area (TPSA) is 110 Å². The summed E-state index contributed by atoms with van der Waals surface area (Å²) >= 11 is 7.59. The van der Waals surface area contributed by atoms with Crippen LogP contribution in [0, 0.1) is 18.6 Å². The fraction of sp³-hybridized carbons (Fsp3) is 0.410. The molecule has 22 heteroatoms. The van der Waals surface area contributed by atoms with Crippen LogP contribution in [-0.4, -0.2) is 61.9 Å². The van der Waals surface area contributed by atoms with Crippen molar-refractivity contribution in [1.29, 1.82) is 0 Å². The quantitative estimate of drug-likeness (QED) is 0.0845. The number of benzene rings is 2. The number of anilines is 1. The van der Waals surface area contributed by atoms with Crippen LogP contribution in [0.3, 0.4) is 0 Å². The molecule has 1 aliphatic carbocycles. The molecule has 328 valence electrons. The summed E-state index contributed by atoms with van der Waals surface area (Å²) in [6, 6.07) is 5.87. The molecular weight excluding hydrogens is 870 g/mol. The first kappa shape index (κ1) is 45.6. The smallest absolute Gasteiger partial charge is 0.346 e. The van der Waals surface area contributed by atoms with Crippen LogP contribution in [-0.2, 0) is 47.6 Å². The van der Waals surface area contributed by atoms with Crippen LogP contribution in [0.2, 0.25) is 5.02 Å². The van der Waals surface area contributed by atoms with Gasteiger partial charge in [0.25, 0.3) is 11.8 Å². The SMILES string of the molecule is CCCC(NC)C(=O)N(SC)c1nn(CC(F)(F)F)c2c(-c3ccc(C)nc3C(Cc3cc(F)cc(F)c3)NC(=O)Cn3nc(C(F)(F)F)c4c3C(F)(F)CC4)ccc(Cl)c12. The van der Waals surface area contributed by atoms with Crippen molar-refractivity contribution in [3.63, 3.8) is 0 Å². The van der Waals surface area contributed by atoms with E-state index in [9.17, 15) is 53.5 Å². The maximum Gasteiger partial charge on any atom is 0.435 e. The van der Waals surface area contributed by atoms with Crippen molar-refractivity contribution in [1.82, 2.24) is 35.2 Å². The van der Waals surface area contributed by atoms with Gasteiger partial charge in [0.05, 0.1) is 33.7 Å². The number of rotatable bonds is 14. The summed E-state index contributed by atoms with van der Waals surface area (Å²) < 4.78 is 146. The van der Waals surface area contributed by atoms with Gasteiger partial charge in [-0.25, -0.2) is 13.1 Å². The Bertz CT molecular complexity index is 2450. The highest BCUT2D eigenvalue weighted by Gasteiger charge is 2.50. The number of aryl methyl sites for hydroxylation is 1. The van der Waals surface area contributed by atoms with E-state index >= 15 is 0 Å². The molecule has 0 aliphatic heterocycles. The monoisotopic (exact) mass is 906 g/mol. The van der Waals surface area contributed by atoms with Gasteiger partial charge in [-0.15, -0.1) is 0 Å². The summed E-state index contributed by atoms with van der Waals surface area (Å²) in [5, 5.41) is 12.9. The lowest BCUT2D eigenvalue weighted by Gasteiger charge is -2.24.